The molecule has 1 aromatic carbocycles. The first-order valence-electron chi connectivity index (χ1n) is 7.39. The van der Waals surface area contributed by atoms with Crippen molar-refractivity contribution in [2.75, 3.05) is 27.3 Å². The Bertz CT molecular complexity index is 443. The van der Waals surface area contributed by atoms with Gasteiger partial charge in [-0.15, -0.1) is 0 Å². The summed E-state index contributed by atoms with van der Waals surface area (Å²) in [6, 6.07) is 5.62. The van der Waals surface area contributed by atoms with Crippen LogP contribution in [0.15, 0.2) is 18.2 Å². The van der Waals surface area contributed by atoms with Crippen LogP contribution in [0.1, 0.15) is 32.3 Å². The Kier molecular flexibility index (Phi) is 7.43. The van der Waals surface area contributed by atoms with Crippen LogP contribution < -0.4 is 14.8 Å². The minimum absolute atomic E-state index is 0.0199. The van der Waals surface area contributed by atoms with Gasteiger partial charge in [0.25, 0.3) is 0 Å². The smallest absolute Gasteiger partial charge is 0.317 e. The monoisotopic (exact) mass is 294 g/mol. The minimum Gasteiger partial charge on any atom is -0.493 e. The maximum absolute atomic E-state index is 12.1. The normalized spacial score (nSPS) is 10.1. The maximum atomic E-state index is 12.1. The van der Waals surface area contributed by atoms with Crippen LogP contribution in [0.4, 0.5) is 4.79 Å². The maximum Gasteiger partial charge on any atom is 0.317 e. The average Bonchev–Trinajstić information content (AvgIpc) is 2.52. The van der Waals surface area contributed by atoms with Gasteiger partial charge in [-0.2, -0.15) is 0 Å². The van der Waals surface area contributed by atoms with E-state index in [-0.39, 0.29) is 6.03 Å². The second kappa shape index (κ2) is 9.10. The lowest BCUT2D eigenvalue weighted by Gasteiger charge is -2.22. The van der Waals surface area contributed by atoms with Crippen molar-refractivity contribution >= 4 is 6.03 Å². The van der Waals surface area contributed by atoms with Crippen molar-refractivity contribution in [3.63, 3.8) is 0 Å². The number of benzene rings is 1. The zero-order valence-corrected chi connectivity index (χ0v) is 13.4. The van der Waals surface area contributed by atoms with Gasteiger partial charge < -0.3 is 19.7 Å². The lowest BCUT2D eigenvalue weighted by molar-refractivity contribution is 0.197. The molecule has 0 bridgehead atoms. The summed E-state index contributed by atoms with van der Waals surface area (Å²) in [4.78, 5) is 14.0. The van der Waals surface area contributed by atoms with Gasteiger partial charge in [0, 0.05) is 19.6 Å². The number of urea groups is 1. The molecule has 0 atom stereocenters. The predicted octanol–water partition coefficient (Wildman–Crippen LogP) is 3.04. The van der Waals surface area contributed by atoms with Crippen LogP contribution in [0.25, 0.3) is 0 Å². The summed E-state index contributed by atoms with van der Waals surface area (Å²) >= 11 is 0. The minimum atomic E-state index is -0.0199. The summed E-state index contributed by atoms with van der Waals surface area (Å²) in [6.07, 6.45) is 1.92. The zero-order chi connectivity index (χ0) is 15.7. The summed E-state index contributed by atoms with van der Waals surface area (Å²) in [5, 5.41) is 2.95. The van der Waals surface area contributed by atoms with E-state index in [1.54, 1.807) is 14.2 Å². The van der Waals surface area contributed by atoms with E-state index >= 15 is 0 Å². The Morgan fingerprint density at radius 3 is 2.24 bits per heavy atom. The molecule has 1 aromatic rings. The lowest BCUT2D eigenvalue weighted by atomic mass is 10.2. The van der Waals surface area contributed by atoms with E-state index in [4.69, 9.17) is 9.47 Å². The van der Waals surface area contributed by atoms with Gasteiger partial charge >= 0.3 is 6.03 Å². The number of nitrogens with zero attached hydrogens (tertiary/aromatic N) is 1. The Balaban J connectivity index is 2.63. The van der Waals surface area contributed by atoms with Crippen molar-refractivity contribution < 1.29 is 14.3 Å². The molecule has 1 N–H and O–H groups in total. The van der Waals surface area contributed by atoms with Crippen LogP contribution in [-0.4, -0.2) is 38.2 Å². The molecule has 0 aliphatic heterocycles. The molecule has 5 nitrogen and oxygen atoms in total. The largest absolute Gasteiger partial charge is 0.493 e. The molecule has 0 radical (unpaired) electrons. The van der Waals surface area contributed by atoms with E-state index in [2.05, 4.69) is 19.2 Å². The molecule has 21 heavy (non-hydrogen) atoms. The molecular formula is C16H26N2O3. The Labute approximate surface area is 127 Å². The van der Waals surface area contributed by atoms with Gasteiger partial charge in [0.2, 0.25) is 0 Å². The Morgan fingerprint density at radius 2 is 1.71 bits per heavy atom. The lowest BCUT2D eigenvalue weighted by Crippen LogP contribution is -2.40. The summed E-state index contributed by atoms with van der Waals surface area (Å²) in [5.41, 5.74) is 0.981. The van der Waals surface area contributed by atoms with Gasteiger partial charge in [0.05, 0.1) is 14.2 Å². The van der Waals surface area contributed by atoms with Crippen molar-refractivity contribution in [2.45, 2.75) is 33.2 Å². The molecule has 0 unspecified atom stereocenters. The molecule has 0 saturated carbocycles. The molecule has 0 fully saturated rings. The van der Waals surface area contributed by atoms with Crippen LogP contribution in [0.3, 0.4) is 0 Å². The average molecular weight is 294 g/mol. The third-order valence-electron chi connectivity index (χ3n) is 3.17. The van der Waals surface area contributed by atoms with Crippen molar-refractivity contribution in [3.8, 4) is 11.5 Å². The van der Waals surface area contributed by atoms with Crippen LogP contribution in [0.2, 0.25) is 0 Å². The van der Waals surface area contributed by atoms with Crippen LogP contribution in [0, 0.1) is 0 Å². The number of amides is 2. The molecule has 0 saturated heterocycles. The van der Waals surface area contributed by atoms with Crippen molar-refractivity contribution in [1.82, 2.24) is 10.2 Å². The Morgan fingerprint density at radius 1 is 1.10 bits per heavy atom. The highest BCUT2D eigenvalue weighted by Gasteiger charge is 2.11. The molecule has 0 aliphatic carbocycles. The molecule has 2 amide bonds. The fraction of sp³-hybridized carbons (Fsp3) is 0.562. The summed E-state index contributed by atoms with van der Waals surface area (Å²) in [7, 11) is 3.21. The fourth-order valence-corrected chi connectivity index (χ4v) is 2.13. The molecular weight excluding hydrogens is 268 g/mol. The van der Waals surface area contributed by atoms with Gasteiger partial charge in [-0.05, 0) is 30.5 Å². The van der Waals surface area contributed by atoms with Gasteiger partial charge in [-0.1, -0.05) is 19.9 Å². The zero-order valence-electron chi connectivity index (χ0n) is 13.4. The first-order valence-corrected chi connectivity index (χ1v) is 7.39. The molecule has 0 heterocycles. The quantitative estimate of drug-likeness (QED) is 0.801. The van der Waals surface area contributed by atoms with Crippen LogP contribution in [0.5, 0.6) is 11.5 Å². The van der Waals surface area contributed by atoms with Crippen molar-refractivity contribution in [1.29, 1.82) is 0 Å². The van der Waals surface area contributed by atoms with Crippen molar-refractivity contribution in [2.24, 2.45) is 0 Å². The number of hydrogen-bond acceptors (Lipinski definition) is 3. The van der Waals surface area contributed by atoms with Gasteiger partial charge in [-0.3, -0.25) is 0 Å². The number of rotatable bonds is 8. The van der Waals surface area contributed by atoms with Crippen LogP contribution in [-0.2, 0) is 6.54 Å². The first kappa shape index (κ1) is 17.1. The van der Waals surface area contributed by atoms with Crippen LogP contribution >= 0.6 is 0 Å². The number of carbonyl (C=O) groups excluding carboxylic acids is 1. The van der Waals surface area contributed by atoms with E-state index in [0.717, 1.165) is 31.5 Å². The van der Waals surface area contributed by atoms with E-state index in [1.165, 1.54) is 0 Å². The number of methoxy groups -OCH3 is 2. The van der Waals surface area contributed by atoms with Gasteiger partial charge in [0.15, 0.2) is 11.5 Å². The van der Waals surface area contributed by atoms with E-state index in [9.17, 15) is 4.79 Å². The number of carbonyl (C=O) groups is 1. The van der Waals surface area contributed by atoms with Gasteiger partial charge in [0.1, 0.15) is 0 Å². The highest BCUT2D eigenvalue weighted by Crippen LogP contribution is 2.27. The molecule has 5 heteroatoms. The topological polar surface area (TPSA) is 50.8 Å². The summed E-state index contributed by atoms with van der Waals surface area (Å²) in [5.74, 6) is 1.36. The standard InChI is InChI=1S/C16H26N2O3/c1-5-9-18(10-6-2)16(19)17-12-13-7-8-14(20-3)15(11-13)21-4/h7-8,11H,5-6,9-10,12H2,1-4H3,(H,17,19). The van der Waals surface area contributed by atoms with Gasteiger partial charge in [-0.25, -0.2) is 4.79 Å². The molecule has 118 valence electrons. The number of ether oxygens (including phenoxy) is 2. The van der Waals surface area contributed by atoms with E-state index < -0.39 is 0 Å². The predicted molar refractivity (Wildman–Crippen MR) is 83.9 cm³/mol. The summed E-state index contributed by atoms with van der Waals surface area (Å²) < 4.78 is 10.5. The van der Waals surface area contributed by atoms with Crippen molar-refractivity contribution in [3.05, 3.63) is 23.8 Å². The van der Waals surface area contributed by atoms with E-state index in [1.807, 2.05) is 23.1 Å². The molecule has 0 spiro atoms. The van der Waals surface area contributed by atoms with E-state index in [0.29, 0.717) is 18.0 Å². The third kappa shape index (κ3) is 5.17. The summed E-state index contributed by atoms with van der Waals surface area (Å²) in [6.45, 7) is 6.19. The molecule has 0 aromatic heterocycles. The Hall–Kier alpha value is -1.91. The third-order valence-corrected chi connectivity index (χ3v) is 3.17. The first-order chi connectivity index (χ1) is 10.2. The second-order valence-corrected chi connectivity index (χ2v) is 4.84. The second-order valence-electron chi connectivity index (χ2n) is 4.84. The SMILES string of the molecule is CCCN(CCC)C(=O)NCc1ccc(OC)c(OC)c1. The molecule has 1 rings (SSSR count). The highest BCUT2D eigenvalue weighted by molar-refractivity contribution is 5.74. The fourth-order valence-electron chi connectivity index (χ4n) is 2.13. The molecule has 0 aliphatic rings. The number of nitrogens with one attached hydrogen (secondary N) is 1. The number of hydrogen-bond donors (Lipinski definition) is 1. The highest BCUT2D eigenvalue weighted by atomic mass is 16.5.